The van der Waals surface area contributed by atoms with Gasteiger partial charge in [-0.25, -0.2) is 14.8 Å². The van der Waals surface area contributed by atoms with Crippen molar-refractivity contribution in [1.82, 2.24) is 9.97 Å². The summed E-state index contributed by atoms with van der Waals surface area (Å²) in [7, 11) is 0. The fraction of sp³-hybridized carbons (Fsp3) is 0.457. The Balaban J connectivity index is 0.925. The number of aromatic hydroxyl groups is 1. The molecule has 3 aromatic heterocycles. The van der Waals surface area contributed by atoms with Crippen molar-refractivity contribution in [1.29, 1.82) is 0 Å². The van der Waals surface area contributed by atoms with Gasteiger partial charge in [-0.1, -0.05) is 26.2 Å². The molecule has 5 N–H and O–H groups in total. The number of hydrogen-bond donors (Lipinski definition) is 4. The third-order valence-corrected chi connectivity index (χ3v) is 12.5. The molecule has 59 heavy (non-hydrogen) atoms. The lowest BCUT2D eigenvalue weighted by Gasteiger charge is -2.44. The molecule has 5 aliphatic heterocycles. The van der Waals surface area contributed by atoms with Crippen molar-refractivity contribution >= 4 is 34.8 Å². The maximum atomic E-state index is 14.2. The summed E-state index contributed by atoms with van der Waals surface area (Å²) in [6.45, 7) is 10.1. The Morgan fingerprint density at radius 1 is 1.07 bits per heavy atom. The number of hydrogen-bond acceptors (Lipinski definition) is 12. The Morgan fingerprint density at radius 2 is 1.93 bits per heavy atom. The number of phenolic OH excluding ortho intramolecular Hbond substituents is 1. The molecule has 0 amide bonds. The maximum Gasteiger partial charge on any atom is 0.341 e. The van der Waals surface area contributed by atoms with E-state index in [0.29, 0.717) is 55.1 Å². The second-order valence-corrected chi connectivity index (χ2v) is 17.3. The summed E-state index contributed by atoms with van der Waals surface area (Å²) >= 11 is 0. The highest BCUT2D eigenvalue weighted by Crippen LogP contribution is 2.53. The summed E-state index contributed by atoms with van der Waals surface area (Å²) in [5.41, 5.74) is 10.8. The van der Waals surface area contributed by atoms with Gasteiger partial charge in [-0.2, -0.15) is 0 Å². The Labute approximate surface area is 343 Å². The lowest BCUT2D eigenvalue weighted by atomic mass is 9.77. The largest absolute Gasteiger partial charge is 0.507 e. The minimum atomic E-state index is -1.07. The molecular weight excluding hydrogens is 749 g/mol. The van der Waals surface area contributed by atoms with E-state index in [1.165, 1.54) is 16.5 Å². The predicted octanol–water partition coefficient (Wildman–Crippen LogP) is 6.21. The quantitative estimate of drug-likeness (QED) is 0.0770. The van der Waals surface area contributed by atoms with Crippen LogP contribution in [0, 0.1) is 6.92 Å². The Bertz CT molecular complexity index is 2490. The predicted molar refractivity (Wildman–Crippen MR) is 225 cm³/mol. The third kappa shape index (κ3) is 7.50. The van der Waals surface area contributed by atoms with Gasteiger partial charge in [-0.3, -0.25) is 14.7 Å². The molecule has 1 aromatic carbocycles. The van der Waals surface area contributed by atoms with Gasteiger partial charge >= 0.3 is 5.97 Å². The third-order valence-electron chi connectivity index (χ3n) is 12.5. The number of aliphatic imine (C=N–C) groups is 1. The van der Waals surface area contributed by atoms with Crippen LogP contribution in [0.3, 0.4) is 0 Å². The number of phenols is 1. The highest BCUT2D eigenvalue weighted by atomic mass is 16.7. The number of nitrogen functional groups attached to an aromatic ring is 1. The number of pyridine rings is 2. The number of fused-ring (bicyclic) bond motifs is 5. The van der Waals surface area contributed by atoms with Crippen molar-refractivity contribution in [3.05, 3.63) is 92.7 Å². The van der Waals surface area contributed by atoms with E-state index in [1.807, 2.05) is 32.2 Å². The van der Waals surface area contributed by atoms with Crippen LogP contribution in [-0.2, 0) is 27.2 Å². The van der Waals surface area contributed by atoms with Gasteiger partial charge in [0.25, 0.3) is 0 Å². The summed E-state index contributed by atoms with van der Waals surface area (Å²) in [5.74, 6) is 1.11. The lowest BCUT2D eigenvalue weighted by molar-refractivity contribution is -0.852. The molecule has 0 radical (unpaired) electrons. The van der Waals surface area contributed by atoms with E-state index >= 15 is 0 Å². The van der Waals surface area contributed by atoms with E-state index in [9.17, 15) is 14.7 Å². The molecule has 5 atom stereocenters. The zero-order valence-corrected chi connectivity index (χ0v) is 34.2. The van der Waals surface area contributed by atoms with Crippen molar-refractivity contribution in [2.24, 2.45) is 4.99 Å². The number of nitrogens with one attached hydrogen (secondary N) is 2. The number of quaternary nitrogens is 1. The number of nitrogens with two attached hydrogens (primary N) is 1. The van der Waals surface area contributed by atoms with Crippen LogP contribution >= 0.6 is 0 Å². The van der Waals surface area contributed by atoms with Gasteiger partial charge in [0.15, 0.2) is 11.0 Å². The van der Waals surface area contributed by atoms with E-state index in [0.717, 1.165) is 79.2 Å². The fourth-order valence-corrected chi connectivity index (χ4v) is 9.54. The summed E-state index contributed by atoms with van der Waals surface area (Å²) < 4.78 is 25.0. The topological polar surface area (TPSA) is 179 Å². The van der Waals surface area contributed by atoms with Gasteiger partial charge in [0, 0.05) is 47.5 Å². The summed E-state index contributed by atoms with van der Waals surface area (Å²) in [6, 6.07) is 11.2. The normalized spacial score (nSPS) is 25.2. The number of epoxide rings is 1. The Morgan fingerprint density at radius 3 is 2.76 bits per heavy atom. The number of unbranched alkanes of at least 4 members (excludes halogenated alkanes) is 2. The summed E-state index contributed by atoms with van der Waals surface area (Å²) in [6.07, 6.45) is 12.3. The highest BCUT2D eigenvalue weighted by molar-refractivity contribution is 5.88. The summed E-state index contributed by atoms with van der Waals surface area (Å²) in [5, 5.41) is 15.2. The number of anilines is 2. The number of rotatable bonds is 11. The second-order valence-electron chi connectivity index (χ2n) is 17.3. The molecule has 2 saturated heterocycles. The van der Waals surface area contributed by atoms with Crippen LogP contribution in [0.25, 0.3) is 22.2 Å². The number of aryl methyl sites for hydroxylation is 2. The standard InChI is InChI=1S/C46H52N6O7/c1-5-6-9-15-49-39-21-29(20-30(50-39)24-52-23-28-13-16-48-33(28)25-52)32-18-27(19-38(47)51-32)11-12-37-46(59-37)14-8-7-10-31-40-36(58-45(3,4)43(31)57-44(46)55)22-35-41(42(40)54)34(53)17-26(2)56-35/h13,16-22,25,31,37,43,54H,5-12,14-15,23-24H2,1-4H3,(H2,47,51)(H,49,50)/p+1. The van der Waals surface area contributed by atoms with E-state index < -0.39 is 29.2 Å². The zero-order chi connectivity index (χ0) is 41.1. The van der Waals surface area contributed by atoms with E-state index in [2.05, 4.69) is 41.6 Å². The smallest absolute Gasteiger partial charge is 0.341 e. The number of aromatic nitrogens is 2. The van der Waals surface area contributed by atoms with Crippen molar-refractivity contribution < 1.29 is 33.4 Å². The number of esters is 1. The van der Waals surface area contributed by atoms with E-state index in [-0.39, 0.29) is 28.3 Å². The first-order chi connectivity index (χ1) is 28.4. The van der Waals surface area contributed by atoms with Gasteiger partial charge in [0.1, 0.15) is 76.6 Å². The maximum absolute atomic E-state index is 14.2. The Kier molecular flexibility index (Phi) is 10.1. The molecule has 9 rings (SSSR count). The van der Waals surface area contributed by atoms with Gasteiger partial charge in [-0.15, -0.1) is 0 Å². The second kappa shape index (κ2) is 15.3. The first kappa shape index (κ1) is 39.0. The first-order valence-corrected chi connectivity index (χ1v) is 21.1. The number of allylic oxidation sites excluding steroid dienone is 1. The molecule has 5 aliphatic rings. The molecule has 5 unspecified atom stereocenters. The van der Waals surface area contributed by atoms with Gasteiger partial charge < -0.3 is 34.8 Å². The molecule has 1 spiro atoms. The number of carbonyl (C=O) groups is 1. The van der Waals surface area contributed by atoms with Crippen molar-refractivity contribution in [3.8, 4) is 22.8 Å². The van der Waals surface area contributed by atoms with Crippen LogP contribution in [0.2, 0.25) is 0 Å². The molecule has 2 fully saturated rings. The average molecular weight is 802 g/mol. The highest BCUT2D eigenvalue weighted by Gasteiger charge is 2.64. The van der Waals surface area contributed by atoms with Crippen LogP contribution in [-0.4, -0.2) is 63.8 Å². The molecule has 308 valence electrons. The van der Waals surface area contributed by atoms with Crippen LogP contribution < -0.4 is 26.1 Å². The minimum absolute atomic E-state index is 0.102. The molecular formula is C46H53N6O7+. The molecule has 0 bridgehead atoms. The molecule has 0 aliphatic carbocycles. The van der Waals surface area contributed by atoms with Gasteiger partial charge in [0.05, 0.1) is 17.5 Å². The molecule has 13 heteroatoms. The van der Waals surface area contributed by atoms with Crippen molar-refractivity contribution in [2.45, 2.75) is 121 Å². The first-order valence-electron chi connectivity index (χ1n) is 21.1. The molecule has 8 heterocycles. The van der Waals surface area contributed by atoms with Crippen LogP contribution in [0.15, 0.2) is 74.1 Å². The van der Waals surface area contributed by atoms with Gasteiger partial charge in [0.2, 0.25) is 0 Å². The average Bonchev–Trinajstić information content (AvgIpc) is 3.46. The van der Waals surface area contributed by atoms with Crippen molar-refractivity contribution in [2.75, 3.05) is 24.1 Å². The fourth-order valence-electron chi connectivity index (χ4n) is 9.54. The van der Waals surface area contributed by atoms with Crippen LogP contribution in [0.4, 0.5) is 11.6 Å². The zero-order valence-electron chi connectivity index (χ0n) is 34.2. The molecule has 4 aromatic rings. The van der Waals surface area contributed by atoms with Crippen LogP contribution in [0.1, 0.15) is 101 Å². The monoisotopic (exact) mass is 801 g/mol. The van der Waals surface area contributed by atoms with Crippen molar-refractivity contribution in [3.63, 3.8) is 0 Å². The van der Waals surface area contributed by atoms with E-state index in [4.69, 9.17) is 34.3 Å². The van der Waals surface area contributed by atoms with E-state index in [1.54, 1.807) is 13.0 Å². The SMILES string of the molecule is CCCCCNc1cc(-c2cc(CCC3OC34CCCCC3c5c(cc6oc(C)cc(=O)c6c5O)OC(C)(C)C3OC4=O)cc(N)n2)cc(C[NH+]2C=C3N=CC=C3C2)n1. The van der Waals surface area contributed by atoms with Crippen LogP contribution in [0.5, 0.6) is 11.5 Å². The van der Waals surface area contributed by atoms with Gasteiger partial charge in [-0.05, 0) is 95.2 Å². The molecule has 0 saturated carbocycles. The number of benzene rings is 1. The number of nitrogens with zero attached hydrogens (tertiary/aromatic N) is 3. The lowest BCUT2D eigenvalue weighted by Crippen LogP contribution is -3.04. The number of ether oxygens (including phenoxy) is 3. The summed E-state index contributed by atoms with van der Waals surface area (Å²) in [4.78, 5) is 42.8. The Hall–Kier alpha value is -5.53. The number of carbonyl (C=O) groups excluding carboxylic acids is 1. The minimum Gasteiger partial charge on any atom is -0.507 e. The molecule has 13 nitrogen and oxygen atoms in total.